The lowest BCUT2D eigenvalue weighted by Crippen LogP contribution is -2.35. The third-order valence-electron chi connectivity index (χ3n) is 3.31. The minimum Gasteiger partial charge on any atom is -0.380 e. The van der Waals surface area contributed by atoms with Crippen molar-refractivity contribution in [3.63, 3.8) is 0 Å². The Kier molecular flexibility index (Phi) is 4.64. The SMILES string of the molecule is COCC1=CCN(C(=O)c2ccc([N+](=O)[O-])c(F)c2)CC1. The Labute approximate surface area is 121 Å². The molecule has 0 atom stereocenters. The van der Waals surface area contributed by atoms with E-state index in [1.54, 1.807) is 12.0 Å². The second-order valence-electron chi connectivity index (χ2n) is 4.72. The van der Waals surface area contributed by atoms with Gasteiger partial charge in [-0.05, 0) is 24.1 Å². The Morgan fingerprint density at radius 2 is 2.29 bits per heavy atom. The molecule has 0 N–H and O–H groups in total. The molecule has 0 saturated heterocycles. The molecule has 21 heavy (non-hydrogen) atoms. The quantitative estimate of drug-likeness (QED) is 0.484. The van der Waals surface area contributed by atoms with Gasteiger partial charge in [0.05, 0.1) is 11.5 Å². The van der Waals surface area contributed by atoms with Gasteiger partial charge in [0.15, 0.2) is 0 Å². The van der Waals surface area contributed by atoms with Crippen molar-refractivity contribution in [2.45, 2.75) is 6.42 Å². The summed E-state index contributed by atoms with van der Waals surface area (Å²) in [5.74, 6) is -1.34. The van der Waals surface area contributed by atoms with E-state index in [0.717, 1.165) is 17.7 Å². The Morgan fingerprint density at radius 3 is 2.81 bits per heavy atom. The fourth-order valence-corrected chi connectivity index (χ4v) is 2.18. The van der Waals surface area contributed by atoms with Crippen LogP contribution in [-0.2, 0) is 4.74 Å². The fraction of sp³-hybridized carbons (Fsp3) is 0.357. The van der Waals surface area contributed by atoms with Gasteiger partial charge < -0.3 is 9.64 Å². The topological polar surface area (TPSA) is 72.7 Å². The summed E-state index contributed by atoms with van der Waals surface area (Å²) >= 11 is 0. The monoisotopic (exact) mass is 294 g/mol. The minimum absolute atomic E-state index is 0.113. The van der Waals surface area contributed by atoms with E-state index in [4.69, 9.17) is 4.74 Å². The molecular formula is C14H15FN2O4. The van der Waals surface area contributed by atoms with Gasteiger partial charge in [0.1, 0.15) is 0 Å². The first-order chi connectivity index (χ1) is 10.0. The molecular weight excluding hydrogens is 279 g/mol. The highest BCUT2D eigenvalue weighted by molar-refractivity contribution is 5.94. The van der Waals surface area contributed by atoms with E-state index in [2.05, 4.69) is 0 Å². The summed E-state index contributed by atoms with van der Waals surface area (Å²) in [5.41, 5.74) is 0.602. The van der Waals surface area contributed by atoms with E-state index in [1.165, 1.54) is 6.07 Å². The van der Waals surface area contributed by atoms with Gasteiger partial charge in [-0.3, -0.25) is 14.9 Å². The van der Waals surface area contributed by atoms with E-state index < -0.39 is 16.4 Å². The first kappa shape index (κ1) is 15.1. The molecule has 1 heterocycles. The minimum atomic E-state index is -1.00. The molecule has 1 aliphatic heterocycles. The number of nitrogens with zero attached hydrogens (tertiary/aromatic N) is 2. The van der Waals surface area contributed by atoms with E-state index in [9.17, 15) is 19.3 Å². The average Bonchev–Trinajstić information content (AvgIpc) is 2.47. The molecule has 7 heteroatoms. The van der Waals surface area contributed by atoms with Gasteiger partial charge in [0.2, 0.25) is 5.82 Å². The molecule has 0 spiro atoms. The smallest absolute Gasteiger partial charge is 0.304 e. The number of amides is 1. The molecule has 1 aromatic carbocycles. The molecule has 1 aromatic rings. The zero-order valence-corrected chi connectivity index (χ0v) is 11.5. The fourth-order valence-electron chi connectivity index (χ4n) is 2.18. The Bertz CT molecular complexity index is 601. The van der Waals surface area contributed by atoms with Crippen LogP contribution in [0.15, 0.2) is 29.8 Å². The summed E-state index contributed by atoms with van der Waals surface area (Å²) in [6, 6.07) is 3.20. The number of ether oxygens (including phenoxy) is 1. The van der Waals surface area contributed by atoms with Crippen LogP contribution in [-0.4, -0.2) is 42.5 Å². The highest BCUT2D eigenvalue weighted by Gasteiger charge is 2.22. The molecule has 1 aliphatic rings. The number of carbonyl (C=O) groups excluding carboxylic acids is 1. The maximum absolute atomic E-state index is 13.5. The molecule has 6 nitrogen and oxygen atoms in total. The van der Waals surface area contributed by atoms with Crippen LogP contribution in [0.4, 0.5) is 10.1 Å². The first-order valence-corrected chi connectivity index (χ1v) is 6.43. The third-order valence-corrected chi connectivity index (χ3v) is 3.31. The molecule has 0 bridgehead atoms. The van der Waals surface area contributed by atoms with Gasteiger partial charge in [-0.25, -0.2) is 0 Å². The lowest BCUT2D eigenvalue weighted by Gasteiger charge is -2.26. The number of hydrogen-bond donors (Lipinski definition) is 0. The maximum Gasteiger partial charge on any atom is 0.304 e. The number of nitro benzene ring substituents is 1. The van der Waals surface area contributed by atoms with Crippen LogP contribution in [0.25, 0.3) is 0 Å². The summed E-state index contributed by atoms with van der Waals surface area (Å²) in [5, 5.41) is 10.6. The zero-order valence-electron chi connectivity index (χ0n) is 11.5. The molecule has 0 saturated carbocycles. The van der Waals surface area contributed by atoms with Crippen molar-refractivity contribution in [3.8, 4) is 0 Å². The predicted octanol–water partition coefficient (Wildman–Crippen LogP) is 2.15. The molecule has 112 valence electrons. The average molecular weight is 294 g/mol. The van der Waals surface area contributed by atoms with Gasteiger partial charge in [-0.15, -0.1) is 0 Å². The van der Waals surface area contributed by atoms with Gasteiger partial charge in [-0.1, -0.05) is 6.08 Å². The van der Waals surface area contributed by atoms with Crippen LogP contribution < -0.4 is 0 Å². The predicted molar refractivity (Wildman–Crippen MR) is 73.5 cm³/mol. The van der Waals surface area contributed by atoms with Crippen molar-refractivity contribution in [1.29, 1.82) is 0 Å². The van der Waals surface area contributed by atoms with Crippen molar-refractivity contribution in [2.24, 2.45) is 0 Å². The Balaban J connectivity index is 2.11. The van der Waals surface area contributed by atoms with E-state index >= 15 is 0 Å². The Hall–Kier alpha value is -2.28. The second-order valence-corrected chi connectivity index (χ2v) is 4.72. The van der Waals surface area contributed by atoms with Gasteiger partial charge in [-0.2, -0.15) is 4.39 Å². The van der Waals surface area contributed by atoms with E-state index in [-0.39, 0.29) is 11.5 Å². The molecule has 1 amide bonds. The summed E-state index contributed by atoms with van der Waals surface area (Å²) in [7, 11) is 1.61. The van der Waals surface area contributed by atoms with Crippen molar-refractivity contribution in [2.75, 3.05) is 26.8 Å². The van der Waals surface area contributed by atoms with Crippen molar-refractivity contribution < 1.29 is 18.8 Å². The standard InChI is InChI=1S/C14H15FN2O4/c1-21-9-10-4-6-16(7-5-10)14(18)11-2-3-13(17(19)20)12(15)8-11/h2-4,8H,5-7,9H2,1H3. The molecule has 0 aromatic heterocycles. The zero-order chi connectivity index (χ0) is 15.4. The number of rotatable bonds is 4. The Morgan fingerprint density at radius 1 is 1.52 bits per heavy atom. The van der Waals surface area contributed by atoms with Crippen molar-refractivity contribution >= 4 is 11.6 Å². The van der Waals surface area contributed by atoms with Crippen LogP contribution in [0.3, 0.4) is 0 Å². The van der Waals surface area contributed by atoms with Gasteiger partial charge in [0, 0.05) is 31.8 Å². The second kappa shape index (κ2) is 6.45. The summed E-state index contributed by atoms with van der Waals surface area (Å²) in [4.78, 5) is 23.5. The van der Waals surface area contributed by atoms with Crippen LogP contribution in [0.5, 0.6) is 0 Å². The van der Waals surface area contributed by atoms with Crippen molar-refractivity contribution in [3.05, 3.63) is 51.3 Å². The maximum atomic E-state index is 13.5. The highest BCUT2D eigenvalue weighted by Crippen LogP contribution is 2.20. The van der Waals surface area contributed by atoms with Gasteiger partial charge in [0.25, 0.3) is 5.91 Å². The van der Waals surface area contributed by atoms with Gasteiger partial charge >= 0.3 is 5.69 Å². The molecule has 0 radical (unpaired) electrons. The normalized spacial score (nSPS) is 14.8. The van der Waals surface area contributed by atoms with Crippen LogP contribution in [0.2, 0.25) is 0 Å². The lowest BCUT2D eigenvalue weighted by molar-refractivity contribution is -0.387. The molecule has 2 rings (SSSR count). The van der Waals surface area contributed by atoms with Crippen molar-refractivity contribution in [1.82, 2.24) is 4.90 Å². The summed E-state index contributed by atoms with van der Waals surface area (Å²) < 4.78 is 18.6. The first-order valence-electron chi connectivity index (χ1n) is 6.43. The highest BCUT2D eigenvalue weighted by atomic mass is 19.1. The van der Waals surface area contributed by atoms with Crippen LogP contribution >= 0.6 is 0 Å². The molecule has 0 aliphatic carbocycles. The summed E-state index contributed by atoms with van der Waals surface area (Å²) in [6.07, 6.45) is 2.61. The third kappa shape index (κ3) is 3.43. The van der Waals surface area contributed by atoms with E-state index in [1.807, 2.05) is 6.08 Å². The lowest BCUT2D eigenvalue weighted by atomic mass is 10.1. The number of nitro groups is 1. The van der Waals surface area contributed by atoms with Crippen LogP contribution in [0.1, 0.15) is 16.8 Å². The van der Waals surface area contributed by atoms with E-state index in [0.29, 0.717) is 26.1 Å². The molecule has 0 unspecified atom stereocenters. The summed E-state index contributed by atoms with van der Waals surface area (Å²) in [6.45, 7) is 1.48. The van der Waals surface area contributed by atoms with Crippen LogP contribution in [0, 0.1) is 15.9 Å². The number of methoxy groups -OCH3 is 1. The number of halogens is 1. The largest absolute Gasteiger partial charge is 0.380 e. The molecule has 0 fully saturated rings. The number of carbonyl (C=O) groups is 1. The number of benzene rings is 1. The number of hydrogen-bond acceptors (Lipinski definition) is 4.